The van der Waals surface area contributed by atoms with Gasteiger partial charge in [0.2, 0.25) is 11.7 Å². The number of hydrogen-bond acceptors (Lipinski definition) is 6. The van der Waals surface area contributed by atoms with Gasteiger partial charge in [0.25, 0.3) is 0 Å². The SMILES string of the molecule is CCN(C(=O)O)c1ccc2c(c1)C(=O)/C(=C/c1cn(C)c3nccc(N4CCC(C(=O)N(C)C)CC4)c13)O2. The summed E-state index contributed by atoms with van der Waals surface area (Å²) in [7, 11) is 5.50. The summed E-state index contributed by atoms with van der Waals surface area (Å²) in [6.07, 6.45) is 5.89. The first kappa shape index (κ1) is 25.3. The third-order valence-electron chi connectivity index (χ3n) is 7.29. The van der Waals surface area contributed by atoms with Crippen LogP contribution in [-0.2, 0) is 11.8 Å². The highest BCUT2D eigenvalue weighted by Crippen LogP contribution is 2.38. The number of fused-ring (bicyclic) bond motifs is 2. The minimum Gasteiger partial charge on any atom is -0.465 e. The van der Waals surface area contributed by atoms with Crippen LogP contribution in [0.2, 0.25) is 0 Å². The molecule has 1 fully saturated rings. The quantitative estimate of drug-likeness (QED) is 0.510. The predicted molar refractivity (Wildman–Crippen MR) is 145 cm³/mol. The van der Waals surface area contributed by atoms with Crippen molar-refractivity contribution in [1.29, 1.82) is 0 Å². The Morgan fingerprint density at radius 3 is 2.61 bits per heavy atom. The van der Waals surface area contributed by atoms with Gasteiger partial charge in [-0.1, -0.05) is 0 Å². The van der Waals surface area contributed by atoms with Gasteiger partial charge in [-0.05, 0) is 50.1 Å². The van der Waals surface area contributed by atoms with Crippen molar-refractivity contribution in [2.45, 2.75) is 19.8 Å². The van der Waals surface area contributed by atoms with E-state index in [0.29, 0.717) is 17.0 Å². The Hall–Kier alpha value is -4.34. The van der Waals surface area contributed by atoms with Gasteiger partial charge in [0.15, 0.2) is 5.76 Å². The molecule has 0 spiro atoms. The van der Waals surface area contributed by atoms with Gasteiger partial charge < -0.3 is 24.2 Å². The van der Waals surface area contributed by atoms with Crippen LogP contribution >= 0.6 is 0 Å². The zero-order valence-corrected chi connectivity index (χ0v) is 22.0. The zero-order valence-electron chi connectivity index (χ0n) is 22.0. The highest BCUT2D eigenvalue weighted by Gasteiger charge is 2.31. The minimum atomic E-state index is -1.08. The molecular weight excluding hydrogens is 486 g/mol. The number of ether oxygens (including phenoxy) is 1. The molecule has 0 aliphatic carbocycles. The monoisotopic (exact) mass is 517 g/mol. The van der Waals surface area contributed by atoms with Crippen LogP contribution in [0.3, 0.4) is 0 Å². The fraction of sp³-hybridized carbons (Fsp3) is 0.357. The van der Waals surface area contributed by atoms with E-state index in [1.165, 1.54) is 4.90 Å². The molecule has 0 unspecified atom stereocenters. The maximum absolute atomic E-state index is 13.3. The third kappa shape index (κ3) is 4.36. The van der Waals surface area contributed by atoms with Crippen LogP contribution in [0.4, 0.5) is 16.2 Å². The molecule has 10 nitrogen and oxygen atoms in total. The molecule has 0 atom stereocenters. The van der Waals surface area contributed by atoms with Gasteiger partial charge in [-0.15, -0.1) is 0 Å². The molecule has 0 radical (unpaired) electrons. The van der Waals surface area contributed by atoms with E-state index in [4.69, 9.17) is 4.74 Å². The number of amides is 2. The number of piperidine rings is 1. The molecule has 1 aromatic carbocycles. The van der Waals surface area contributed by atoms with Crippen LogP contribution in [0.5, 0.6) is 5.75 Å². The van der Waals surface area contributed by atoms with Crippen LogP contribution < -0.4 is 14.5 Å². The van der Waals surface area contributed by atoms with E-state index in [0.717, 1.165) is 48.2 Å². The molecule has 5 rings (SSSR count). The number of rotatable bonds is 5. The lowest BCUT2D eigenvalue weighted by atomic mass is 9.95. The van der Waals surface area contributed by atoms with E-state index in [1.807, 2.05) is 23.9 Å². The van der Waals surface area contributed by atoms with Crippen molar-refractivity contribution in [3.8, 4) is 5.75 Å². The molecule has 0 saturated carbocycles. The average Bonchev–Trinajstić information content (AvgIpc) is 3.39. The Morgan fingerprint density at radius 2 is 1.95 bits per heavy atom. The van der Waals surface area contributed by atoms with Crippen LogP contribution in [0.25, 0.3) is 17.1 Å². The van der Waals surface area contributed by atoms with Gasteiger partial charge >= 0.3 is 6.09 Å². The van der Waals surface area contributed by atoms with Crippen molar-refractivity contribution in [2.75, 3.05) is 43.5 Å². The average molecular weight is 518 g/mol. The van der Waals surface area contributed by atoms with E-state index in [9.17, 15) is 19.5 Å². The van der Waals surface area contributed by atoms with Crippen molar-refractivity contribution in [1.82, 2.24) is 14.5 Å². The highest BCUT2D eigenvalue weighted by atomic mass is 16.5. The zero-order chi connectivity index (χ0) is 27.1. The number of ketones is 1. The van der Waals surface area contributed by atoms with Crippen molar-refractivity contribution in [3.63, 3.8) is 0 Å². The third-order valence-corrected chi connectivity index (χ3v) is 7.29. The van der Waals surface area contributed by atoms with Gasteiger partial charge in [-0.25, -0.2) is 9.78 Å². The van der Waals surface area contributed by atoms with Gasteiger partial charge in [-0.2, -0.15) is 0 Å². The molecule has 2 amide bonds. The molecule has 10 heteroatoms. The first-order chi connectivity index (χ1) is 18.2. The van der Waals surface area contributed by atoms with Crippen molar-refractivity contribution >= 4 is 46.3 Å². The number of nitrogens with zero attached hydrogens (tertiary/aromatic N) is 5. The van der Waals surface area contributed by atoms with Crippen LogP contribution in [0.15, 0.2) is 42.4 Å². The number of aryl methyl sites for hydroxylation is 1. The lowest BCUT2D eigenvalue weighted by molar-refractivity contribution is -0.133. The molecule has 1 saturated heterocycles. The number of carboxylic acid groups (broad SMARTS) is 1. The number of allylic oxidation sites excluding steroid dienone is 1. The standard InChI is InChI=1S/C28H31N5O5/c1-5-33(28(36)37)19-6-7-22-20(15-19)25(34)23(38-22)14-18-16-31(4)26-24(18)21(8-11-29-26)32-12-9-17(10-13-32)27(35)30(2)3/h6-8,11,14-17H,5,9-10,12-13H2,1-4H3,(H,36,37)/b23-14-. The minimum absolute atomic E-state index is 0.0219. The summed E-state index contributed by atoms with van der Waals surface area (Å²) < 4.78 is 7.84. The summed E-state index contributed by atoms with van der Waals surface area (Å²) in [4.78, 5) is 47.0. The number of aromatic nitrogens is 2. The van der Waals surface area contributed by atoms with Gasteiger partial charge in [0.1, 0.15) is 11.4 Å². The number of pyridine rings is 1. The smallest absolute Gasteiger partial charge is 0.411 e. The largest absolute Gasteiger partial charge is 0.465 e. The number of benzene rings is 1. The molecule has 2 aromatic heterocycles. The number of Topliss-reactive ketones (excluding diaryl/α,β-unsaturated/α-hetero) is 1. The predicted octanol–water partition coefficient (Wildman–Crippen LogP) is 4.00. The summed E-state index contributed by atoms with van der Waals surface area (Å²) in [6, 6.07) is 6.80. The van der Waals surface area contributed by atoms with Crippen molar-refractivity contribution in [3.05, 3.63) is 53.5 Å². The van der Waals surface area contributed by atoms with Gasteiger partial charge in [0, 0.05) is 81.4 Å². The number of hydrogen-bond donors (Lipinski definition) is 1. The molecule has 38 heavy (non-hydrogen) atoms. The number of carbonyl (C=O) groups is 3. The van der Waals surface area contributed by atoms with Crippen LogP contribution in [0, 0.1) is 5.92 Å². The molecule has 2 aliphatic rings. The Bertz CT molecular complexity index is 1470. The molecule has 0 bridgehead atoms. The highest BCUT2D eigenvalue weighted by molar-refractivity contribution is 6.16. The second kappa shape index (κ2) is 9.85. The fourth-order valence-corrected chi connectivity index (χ4v) is 5.34. The molecule has 1 N–H and O–H groups in total. The number of carbonyl (C=O) groups excluding carboxylic acids is 2. The summed E-state index contributed by atoms with van der Waals surface area (Å²) in [5.41, 5.74) is 3.34. The summed E-state index contributed by atoms with van der Waals surface area (Å²) >= 11 is 0. The van der Waals surface area contributed by atoms with E-state index in [1.54, 1.807) is 56.4 Å². The summed E-state index contributed by atoms with van der Waals surface area (Å²) in [5, 5.41) is 10.4. The topological polar surface area (TPSA) is 108 Å². The van der Waals surface area contributed by atoms with E-state index < -0.39 is 6.09 Å². The maximum atomic E-state index is 13.3. The lowest BCUT2D eigenvalue weighted by Gasteiger charge is -2.34. The first-order valence-corrected chi connectivity index (χ1v) is 12.7. The maximum Gasteiger partial charge on any atom is 0.411 e. The van der Waals surface area contributed by atoms with Crippen LogP contribution in [-0.4, -0.2) is 71.1 Å². The van der Waals surface area contributed by atoms with Crippen molar-refractivity contribution < 1.29 is 24.2 Å². The Morgan fingerprint density at radius 1 is 1.21 bits per heavy atom. The van der Waals surface area contributed by atoms with E-state index >= 15 is 0 Å². The first-order valence-electron chi connectivity index (χ1n) is 12.7. The fourth-order valence-electron chi connectivity index (χ4n) is 5.34. The second-order valence-corrected chi connectivity index (χ2v) is 9.87. The van der Waals surface area contributed by atoms with E-state index in [-0.39, 0.29) is 29.9 Å². The molecular formula is C28H31N5O5. The van der Waals surface area contributed by atoms with Crippen LogP contribution in [0.1, 0.15) is 35.7 Å². The molecule has 3 aromatic rings. The van der Waals surface area contributed by atoms with E-state index in [2.05, 4.69) is 9.88 Å². The lowest BCUT2D eigenvalue weighted by Crippen LogP contribution is -2.40. The van der Waals surface area contributed by atoms with Gasteiger partial charge in [-0.3, -0.25) is 14.5 Å². The normalized spacial score (nSPS) is 16.6. The Kier molecular flexibility index (Phi) is 6.56. The molecule has 198 valence electrons. The Labute approximate surface area is 220 Å². The summed E-state index contributed by atoms with van der Waals surface area (Å²) in [6.45, 7) is 3.49. The molecule has 2 aliphatic heterocycles. The summed E-state index contributed by atoms with van der Waals surface area (Å²) in [5.74, 6) is 0.466. The Balaban J connectivity index is 1.47. The molecule has 4 heterocycles. The van der Waals surface area contributed by atoms with Crippen molar-refractivity contribution in [2.24, 2.45) is 13.0 Å². The second-order valence-electron chi connectivity index (χ2n) is 9.87. The number of anilines is 2. The van der Waals surface area contributed by atoms with Gasteiger partial charge in [0.05, 0.1) is 5.56 Å².